The van der Waals surface area contributed by atoms with Crippen molar-refractivity contribution in [3.63, 3.8) is 0 Å². The maximum absolute atomic E-state index is 11.0. The highest BCUT2D eigenvalue weighted by atomic mass is 35.7. The van der Waals surface area contributed by atoms with Crippen LogP contribution >= 0.6 is 22.3 Å². The molecule has 0 aliphatic carbocycles. The fraction of sp³-hybridized carbons (Fsp3) is 0.125. The van der Waals surface area contributed by atoms with Crippen LogP contribution in [0.15, 0.2) is 17.0 Å². The molecule has 0 aliphatic heterocycles. The number of halogens is 2. The summed E-state index contributed by atoms with van der Waals surface area (Å²) in [5.74, 6) is -0.625. The Hall–Kier alpha value is -0.960. The Morgan fingerprint density at radius 2 is 2.07 bits per heavy atom. The fourth-order valence-electron chi connectivity index (χ4n) is 1.02. The molecule has 15 heavy (non-hydrogen) atoms. The van der Waals surface area contributed by atoms with E-state index in [9.17, 15) is 13.5 Å². The molecule has 1 aromatic rings. The summed E-state index contributed by atoms with van der Waals surface area (Å²) in [6.45, 7) is 0. The third kappa shape index (κ3) is 2.53. The molecule has 1 aromatic carbocycles. The molecule has 0 heterocycles. The third-order valence-corrected chi connectivity index (χ3v) is 3.31. The van der Waals surface area contributed by atoms with Crippen molar-refractivity contribution in [2.24, 2.45) is 0 Å². The zero-order valence-corrected chi connectivity index (χ0v) is 9.57. The van der Waals surface area contributed by atoms with Crippen molar-refractivity contribution in [3.05, 3.63) is 23.3 Å². The van der Waals surface area contributed by atoms with Gasteiger partial charge in [0, 0.05) is 16.2 Å². The number of hydrogen-bond donors (Lipinski definition) is 1. The molecule has 0 atom stereocenters. The van der Waals surface area contributed by atoms with E-state index in [0.717, 1.165) is 6.07 Å². The van der Waals surface area contributed by atoms with Crippen LogP contribution in [0, 0.1) is 11.3 Å². The van der Waals surface area contributed by atoms with Crippen LogP contribution in [0.4, 0.5) is 0 Å². The number of benzene rings is 1. The van der Waals surface area contributed by atoms with Crippen LogP contribution in [0.3, 0.4) is 0 Å². The first-order valence-corrected chi connectivity index (χ1v) is 6.51. The van der Waals surface area contributed by atoms with Crippen LogP contribution in [-0.4, -0.2) is 13.5 Å². The van der Waals surface area contributed by atoms with E-state index in [4.69, 9.17) is 27.5 Å². The Morgan fingerprint density at radius 3 is 2.47 bits per heavy atom. The van der Waals surface area contributed by atoms with Crippen molar-refractivity contribution in [1.29, 1.82) is 5.26 Å². The molecule has 80 valence electrons. The summed E-state index contributed by atoms with van der Waals surface area (Å²) < 4.78 is 22.1. The van der Waals surface area contributed by atoms with Gasteiger partial charge in [-0.2, -0.15) is 5.26 Å². The summed E-state index contributed by atoms with van der Waals surface area (Å²) in [5, 5.41) is 18.1. The number of aromatic hydroxyl groups is 1. The number of phenols is 1. The minimum Gasteiger partial charge on any atom is -0.506 e. The van der Waals surface area contributed by atoms with Gasteiger partial charge in [-0.15, -0.1) is 11.6 Å². The highest BCUT2D eigenvalue weighted by molar-refractivity contribution is 8.13. The van der Waals surface area contributed by atoms with Gasteiger partial charge in [0.05, 0.1) is 17.5 Å². The molecule has 4 nitrogen and oxygen atoms in total. The Balaban J connectivity index is 3.60. The second-order valence-corrected chi connectivity index (χ2v) is 5.47. The summed E-state index contributed by atoms with van der Waals surface area (Å²) in [4.78, 5) is -0.501. The first-order chi connectivity index (χ1) is 6.90. The van der Waals surface area contributed by atoms with Gasteiger partial charge in [0.15, 0.2) is 0 Å². The Morgan fingerprint density at radius 1 is 1.47 bits per heavy atom. The van der Waals surface area contributed by atoms with E-state index < -0.39 is 19.7 Å². The Labute approximate surface area is 96.1 Å². The van der Waals surface area contributed by atoms with Crippen molar-refractivity contribution in [1.82, 2.24) is 0 Å². The SMILES string of the molecule is N#Cc1cc(CCl)c(O)c(S(=O)(=O)Cl)c1. The van der Waals surface area contributed by atoms with Crippen LogP contribution in [0.5, 0.6) is 5.75 Å². The van der Waals surface area contributed by atoms with Gasteiger partial charge in [0.25, 0.3) is 9.05 Å². The van der Waals surface area contributed by atoms with Gasteiger partial charge in [0.2, 0.25) is 0 Å². The molecular weight excluding hydrogens is 261 g/mol. The van der Waals surface area contributed by atoms with E-state index in [1.807, 2.05) is 0 Å². The lowest BCUT2D eigenvalue weighted by Crippen LogP contribution is -1.95. The number of rotatable bonds is 2. The Kier molecular flexibility index (Phi) is 3.45. The van der Waals surface area contributed by atoms with Gasteiger partial charge >= 0.3 is 0 Å². The molecular formula is C8H5Cl2NO3S. The minimum absolute atomic E-state index is 0.0719. The first kappa shape index (κ1) is 12.1. The lowest BCUT2D eigenvalue weighted by atomic mass is 10.1. The highest BCUT2D eigenvalue weighted by Crippen LogP contribution is 2.31. The van der Waals surface area contributed by atoms with Crippen molar-refractivity contribution in [3.8, 4) is 11.8 Å². The molecule has 0 aromatic heterocycles. The molecule has 7 heteroatoms. The number of phenolic OH excluding ortho intramolecular Hbond substituents is 1. The van der Waals surface area contributed by atoms with Gasteiger partial charge in [0.1, 0.15) is 10.6 Å². The van der Waals surface area contributed by atoms with Crippen molar-refractivity contribution in [2.45, 2.75) is 10.8 Å². The molecule has 0 saturated carbocycles. The average molecular weight is 266 g/mol. The summed E-state index contributed by atoms with van der Waals surface area (Å²) in [5.41, 5.74) is 0.220. The maximum atomic E-state index is 11.0. The third-order valence-electron chi connectivity index (χ3n) is 1.69. The smallest absolute Gasteiger partial charge is 0.265 e. The van der Waals surface area contributed by atoms with Gasteiger partial charge in [-0.25, -0.2) is 8.42 Å². The molecule has 1 N–H and O–H groups in total. The van der Waals surface area contributed by atoms with Crippen molar-refractivity contribution < 1.29 is 13.5 Å². The van der Waals surface area contributed by atoms with Gasteiger partial charge in [-0.05, 0) is 12.1 Å². The van der Waals surface area contributed by atoms with Gasteiger partial charge in [-0.1, -0.05) is 0 Å². The minimum atomic E-state index is -4.09. The van der Waals surface area contributed by atoms with Crippen LogP contribution in [0.25, 0.3) is 0 Å². The van der Waals surface area contributed by atoms with Crippen molar-refractivity contribution >= 4 is 31.3 Å². The predicted octanol–water partition coefficient (Wildman–Crippen LogP) is 1.93. The van der Waals surface area contributed by atoms with E-state index in [1.165, 1.54) is 6.07 Å². The van der Waals surface area contributed by atoms with Crippen LogP contribution < -0.4 is 0 Å². The zero-order chi connectivity index (χ0) is 11.6. The molecule has 0 saturated heterocycles. The topological polar surface area (TPSA) is 78.2 Å². The molecule has 1 rings (SSSR count). The maximum Gasteiger partial charge on any atom is 0.265 e. The monoisotopic (exact) mass is 265 g/mol. The quantitative estimate of drug-likeness (QED) is 0.655. The summed E-state index contributed by atoms with van der Waals surface area (Å²) >= 11 is 5.48. The second-order valence-electron chi connectivity index (χ2n) is 2.67. The summed E-state index contributed by atoms with van der Waals surface area (Å²) in [7, 11) is 0.995. The lowest BCUT2D eigenvalue weighted by molar-refractivity contribution is 0.454. The molecule has 0 unspecified atom stereocenters. The van der Waals surface area contributed by atoms with Crippen LogP contribution in [-0.2, 0) is 14.9 Å². The van der Waals surface area contributed by atoms with E-state index in [-0.39, 0.29) is 17.0 Å². The van der Waals surface area contributed by atoms with Gasteiger partial charge in [-0.3, -0.25) is 0 Å². The van der Waals surface area contributed by atoms with Crippen LogP contribution in [0.2, 0.25) is 0 Å². The van der Waals surface area contributed by atoms with E-state index in [2.05, 4.69) is 0 Å². The molecule has 0 fully saturated rings. The summed E-state index contributed by atoms with van der Waals surface area (Å²) in [6.07, 6.45) is 0. The largest absolute Gasteiger partial charge is 0.506 e. The number of hydrogen-bond acceptors (Lipinski definition) is 4. The Bertz CT molecular complexity index is 534. The highest BCUT2D eigenvalue weighted by Gasteiger charge is 2.19. The first-order valence-electron chi connectivity index (χ1n) is 3.66. The molecule has 0 amide bonds. The molecule has 0 radical (unpaired) electrons. The molecule has 0 bridgehead atoms. The summed E-state index contributed by atoms with van der Waals surface area (Å²) in [6, 6.07) is 4.04. The zero-order valence-electron chi connectivity index (χ0n) is 7.24. The van der Waals surface area contributed by atoms with E-state index in [0.29, 0.717) is 0 Å². The number of alkyl halides is 1. The standard InChI is InChI=1S/C8H5Cl2NO3S/c9-3-6-1-5(4-11)2-7(8(6)12)15(10,13)14/h1-2,12H,3H2. The fourth-order valence-corrected chi connectivity index (χ4v) is 2.20. The van der Waals surface area contributed by atoms with Crippen molar-refractivity contribution in [2.75, 3.05) is 0 Å². The molecule has 0 aliphatic rings. The molecule has 0 spiro atoms. The average Bonchev–Trinajstić information content (AvgIpc) is 2.16. The number of nitrogens with zero attached hydrogens (tertiary/aromatic N) is 1. The lowest BCUT2D eigenvalue weighted by Gasteiger charge is -2.05. The number of nitriles is 1. The van der Waals surface area contributed by atoms with Crippen LogP contribution in [0.1, 0.15) is 11.1 Å². The predicted molar refractivity (Wildman–Crippen MR) is 55.4 cm³/mol. The van der Waals surface area contributed by atoms with E-state index >= 15 is 0 Å². The normalized spacial score (nSPS) is 11.0. The van der Waals surface area contributed by atoms with Gasteiger partial charge < -0.3 is 5.11 Å². The second kappa shape index (κ2) is 4.27. The van der Waals surface area contributed by atoms with E-state index in [1.54, 1.807) is 6.07 Å².